The predicted octanol–water partition coefficient (Wildman–Crippen LogP) is -1.88. The van der Waals surface area contributed by atoms with Crippen molar-refractivity contribution in [2.24, 2.45) is 5.84 Å². The van der Waals surface area contributed by atoms with Crippen LogP contribution >= 0.6 is 12.4 Å². The van der Waals surface area contributed by atoms with Gasteiger partial charge < -0.3 is 10.4 Å². The molecule has 1 rings (SSSR count). The number of aliphatic hydroxyl groups excluding tert-OH is 1. The summed E-state index contributed by atoms with van der Waals surface area (Å²) in [7, 11) is 0. The molecule has 0 aliphatic carbocycles. The van der Waals surface area contributed by atoms with Gasteiger partial charge in [0.25, 0.3) is 5.91 Å². The fourth-order valence-corrected chi connectivity index (χ4v) is 1.02. The lowest BCUT2D eigenvalue weighted by atomic mass is 10.2. The Morgan fingerprint density at radius 1 is 1.73 bits per heavy atom. The summed E-state index contributed by atoms with van der Waals surface area (Å²) in [6, 6.07) is -0.319. The Hall–Kier alpha value is -0.360. The zero-order chi connectivity index (χ0) is 7.56. The van der Waals surface area contributed by atoms with E-state index in [1.165, 1.54) is 0 Å². The fraction of sp³-hybridized carbons (Fsp3) is 0.800. The Morgan fingerprint density at radius 3 is 2.73 bits per heavy atom. The maximum Gasteiger partial charge on any atom is 0.251 e. The zero-order valence-corrected chi connectivity index (χ0v) is 6.73. The molecule has 1 saturated heterocycles. The van der Waals surface area contributed by atoms with Gasteiger partial charge in [0.15, 0.2) is 0 Å². The van der Waals surface area contributed by atoms with Gasteiger partial charge in [-0.2, -0.15) is 0 Å². The molecule has 0 aromatic rings. The number of nitrogens with one attached hydrogen (secondary N) is 2. The smallest absolute Gasteiger partial charge is 0.251 e. The summed E-state index contributed by atoms with van der Waals surface area (Å²) in [6.07, 6.45) is 0.0329. The Bertz CT molecular complexity index is 144. The highest BCUT2D eigenvalue weighted by Gasteiger charge is 2.27. The number of β-amino-alcohol motifs (C(OH)–C–C–N with tert-alkyl or cyclic N) is 1. The number of carbonyl (C=O) groups is 1. The summed E-state index contributed by atoms with van der Waals surface area (Å²) < 4.78 is 0. The van der Waals surface area contributed by atoms with Gasteiger partial charge in [0.2, 0.25) is 0 Å². The highest BCUT2D eigenvalue weighted by Crippen LogP contribution is 2.04. The fourth-order valence-electron chi connectivity index (χ4n) is 1.02. The molecule has 0 aromatic carbocycles. The van der Waals surface area contributed by atoms with E-state index < -0.39 is 6.10 Å². The van der Waals surface area contributed by atoms with E-state index in [2.05, 4.69) is 5.32 Å². The first-order chi connectivity index (χ1) is 4.74. The highest BCUT2D eigenvalue weighted by atomic mass is 35.5. The predicted molar refractivity (Wildman–Crippen MR) is 42.0 cm³/mol. The lowest BCUT2D eigenvalue weighted by molar-refractivity contribution is -0.123. The Kier molecular flexibility index (Phi) is 4.36. The molecule has 6 heteroatoms. The minimum Gasteiger partial charge on any atom is -0.392 e. The second-order valence-electron chi connectivity index (χ2n) is 2.36. The number of carbonyl (C=O) groups excluding carboxylic acids is 1. The molecule has 1 aliphatic heterocycles. The van der Waals surface area contributed by atoms with Crippen molar-refractivity contribution < 1.29 is 9.90 Å². The van der Waals surface area contributed by atoms with E-state index in [0.717, 1.165) is 0 Å². The van der Waals surface area contributed by atoms with Crippen molar-refractivity contribution in [3.63, 3.8) is 0 Å². The first kappa shape index (κ1) is 10.6. The minimum atomic E-state index is -0.415. The third-order valence-electron chi connectivity index (χ3n) is 1.57. The number of hydrazine groups is 1. The molecule has 0 spiro atoms. The third-order valence-corrected chi connectivity index (χ3v) is 1.57. The Labute approximate surface area is 70.7 Å². The van der Waals surface area contributed by atoms with Crippen LogP contribution in [0.1, 0.15) is 6.42 Å². The SMILES string of the molecule is Cl.NNC(=O)[C@H]1C[C@H](O)CN1. The number of rotatable bonds is 1. The van der Waals surface area contributed by atoms with Crippen LogP contribution in [0.15, 0.2) is 0 Å². The van der Waals surface area contributed by atoms with Gasteiger partial charge in [0, 0.05) is 6.54 Å². The van der Waals surface area contributed by atoms with Gasteiger partial charge in [-0.25, -0.2) is 5.84 Å². The summed E-state index contributed by atoms with van der Waals surface area (Å²) >= 11 is 0. The van der Waals surface area contributed by atoms with Crippen molar-refractivity contribution >= 4 is 18.3 Å². The van der Waals surface area contributed by atoms with Crippen LogP contribution in [-0.4, -0.2) is 29.7 Å². The average molecular weight is 182 g/mol. The lowest BCUT2D eigenvalue weighted by Crippen LogP contribution is -2.43. The normalized spacial score (nSPS) is 29.3. The van der Waals surface area contributed by atoms with Crippen LogP contribution in [0.3, 0.4) is 0 Å². The molecular formula is C5H12ClN3O2. The van der Waals surface area contributed by atoms with Crippen LogP contribution in [0.2, 0.25) is 0 Å². The van der Waals surface area contributed by atoms with E-state index >= 15 is 0 Å². The maximum absolute atomic E-state index is 10.7. The van der Waals surface area contributed by atoms with E-state index in [1.807, 2.05) is 5.43 Å². The molecule has 0 saturated carbocycles. The largest absolute Gasteiger partial charge is 0.392 e. The molecule has 0 aromatic heterocycles. The summed E-state index contributed by atoms with van der Waals surface area (Å²) in [5, 5.41) is 11.8. The molecular weight excluding hydrogens is 170 g/mol. The topological polar surface area (TPSA) is 87.4 Å². The van der Waals surface area contributed by atoms with E-state index in [4.69, 9.17) is 10.9 Å². The van der Waals surface area contributed by atoms with Crippen molar-refractivity contribution in [1.82, 2.24) is 10.7 Å². The minimum absolute atomic E-state index is 0. The van der Waals surface area contributed by atoms with Crippen molar-refractivity contribution in [2.45, 2.75) is 18.6 Å². The quantitative estimate of drug-likeness (QED) is 0.217. The van der Waals surface area contributed by atoms with Gasteiger partial charge in [-0.05, 0) is 6.42 Å². The van der Waals surface area contributed by atoms with Crippen molar-refractivity contribution in [3.05, 3.63) is 0 Å². The number of halogens is 1. The van der Waals surface area contributed by atoms with E-state index in [-0.39, 0.29) is 24.4 Å². The van der Waals surface area contributed by atoms with Crippen LogP contribution in [0, 0.1) is 0 Å². The number of nitrogens with two attached hydrogens (primary N) is 1. The number of hydrogen-bond acceptors (Lipinski definition) is 4. The molecule has 11 heavy (non-hydrogen) atoms. The van der Waals surface area contributed by atoms with Crippen LogP contribution in [-0.2, 0) is 4.79 Å². The van der Waals surface area contributed by atoms with Crippen LogP contribution in [0.25, 0.3) is 0 Å². The molecule has 1 heterocycles. The van der Waals surface area contributed by atoms with Gasteiger partial charge >= 0.3 is 0 Å². The molecule has 1 aliphatic rings. The maximum atomic E-state index is 10.7. The van der Waals surface area contributed by atoms with Gasteiger partial charge in [-0.15, -0.1) is 12.4 Å². The van der Waals surface area contributed by atoms with Crippen LogP contribution in [0.5, 0.6) is 0 Å². The summed E-state index contributed by atoms with van der Waals surface area (Å²) in [5.41, 5.74) is 2.01. The molecule has 1 amide bonds. The molecule has 0 radical (unpaired) electrons. The molecule has 5 N–H and O–H groups in total. The van der Waals surface area contributed by atoms with Crippen molar-refractivity contribution in [1.29, 1.82) is 0 Å². The highest BCUT2D eigenvalue weighted by molar-refractivity contribution is 5.85. The van der Waals surface area contributed by atoms with Gasteiger partial charge in [-0.1, -0.05) is 0 Å². The lowest BCUT2D eigenvalue weighted by Gasteiger charge is -2.05. The first-order valence-electron chi connectivity index (χ1n) is 3.16. The van der Waals surface area contributed by atoms with E-state index in [1.54, 1.807) is 0 Å². The van der Waals surface area contributed by atoms with Gasteiger partial charge in [0.1, 0.15) is 0 Å². The second kappa shape index (κ2) is 4.50. The third kappa shape index (κ3) is 2.63. The molecule has 5 nitrogen and oxygen atoms in total. The van der Waals surface area contributed by atoms with Crippen molar-refractivity contribution in [3.8, 4) is 0 Å². The van der Waals surface area contributed by atoms with Gasteiger partial charge in [-0.3, -0.25) is 10.2 Å². The molecule has 0 bridgehead atoms. The average Bonchev–Trinajstić information content (AvgIpc) is 2.34. The summed E-state index contributed by atoms with van der Waals surface area (Å²) in [5.74, 6) is 4.61. The van der Waals surface area contributed by atoms with E-state index in [9.17, 15) is 4.79 Å². The first-order valence-corrected chi connectivity index (χ1v) is 3.16. The number of amides is 1. The molecule has 66 valence electrons. The summed E-state index contributed by atoms with van der Waals surface area (Å²) in [6.45, 7) is 0.470. The molecule has 1 fully saturated rings. The van der Waals surface area contributed by atoms with Gasteiger partial charge in [0.05, 0.1) is 12.1 Å². The second-order valence-corrected chi connectivity index (χ2v) is 2.36. The van der Waals surface area contributed by atoms with Crippen LogP contribution in [0.4, 0.5) is 0 Å². The summed E-state index contributed by atoms with van der Waals surface area (Å²) in [4.78, 5) is 10.7. The molecule has 0 unspecified atom stereocenters. The Morgan fingerprint density at radius 2 is 2.36 bits per heavy atom. The monoisotopic (exact) mass is 181 g/mol. The number of hydrogen-bond donors (Lipinski definition) is 4. The zero-order valence-electron chi connectivity index (χ0n) is 5.91. The van der Waals surface area contributed by atoms with Crippen molar-refractivity contribution in [2.75, 3.05) is 6.54 Å². The Balaban J connectivity index is 0.000001000. The van der Waals surface area contributed by atoms with E-state index in [0.29, 0.717) is 13.0 Å². The standard InChI is InChI=1S/C5H11N3O2.ClH/c6-8-5(10)4-1-3(9)2-7-4;/h3-4,7,9H,1-2,6H2,(H,8,10);1H/t3-,4+;/m0./s1. The number of aliphatic hydroxyl groups is 1. The van der Waals surface area contributed by atoms with Crippen LogP contribution < -0.4 is 16.6 Å². The molecule has 2 atom stereocenters.